The van der Waals surface area contributed by atoms with E-state index in [1.165, 1.54) is 0 Å². The lowest BCUT2D eigenvalue weighted by atomic mass is 9.67. The van der Waals surface area contributed by atoms with E-state index in [0.717, 1.165) is 41.4 Å². The second-order valence-electron chi connectivity index (χ2n) is 6.93. The van der Waals surface area contributed by atoms with Crippen molar-refractivity contribution >= 4 is 28.3 Å². The van der Waals surface area contributed by atoms with Crippen LogP contribution in [0.2, 0.25) is 0 Å². The number of pyridine rings is 1. The fourth-order valence-electron chi connectivity index (χ4n) is 3.34. The molecule has 2 aliphatic rings. The molecule has 2 amide bonds. The molecule has 2 saturated carbocycles. The number of fused-ring (bicyclic) bond motifs is 1. The smallest absolute Gasteiger partial charge is 0.240 e. The first-order chi connectivity index (χ1) is 11.6. The molecule has 0 unspecified atom stereocenters. The van der Waals surface area contributed by atoms with Gasteiger partial charge in [0.25, 0.3) is 0 Å². The number of hydrogen-bond donors (Lipinski definition) is 2. The SMILES string of the molecule is Cc1nccc2c(NC(=O)C3(C(=O)NC4CC4)CCC3)cccc12. The van der Waals surface area contributed by atoms with Crippen molar-refractivity contribution in [3.05, 3.63) is 36.2 Å². The summed E-state index contributed by atoms with van der Waals surface area (Å²) in [6.07, 6.45) is 5.97. The Morgan fingerprint density at radius 2 is 1.92 bits per heavy atom. The lowest BCUT2D eigenvalue weighted by Crippen LogP contribution is -2.53. The fraction of sp³-hybridized carbons (Fsp3) is 0.421. The monoisotopic (exact) mass is 323 g/mol. The Bertz CT molecular complexity index is 822. The third-order valence-electron chi connectivity index (χ3n) is 5.24. The van der Waals surface area contributed by atoms with Gasteiger partial charge >= 0.3 is 0 Å². The average molecular weight is 323 g/mol. The molecular formula is C19H21N3O2. The zero-order valence-electron chi connectivity index (χ0n) is 13.8. The zero-order chi connectivity index (χ0) is 16.7. The number of carbonyl (C=O) groups is 2. The summed E-state index contributed by atoms with van der Waals surface area (Å²) in [4.78, 5) is 29.8. The Morgan fingerprint density at radius 1 is 1.12 bits per heavy atom. The maximum absolute atomic E-state index is 12.9. The van der Waals surface area contributed by atoms with Crippen molar-refractivity contribution in [1.29, 1.82) is 0 Å². The Kier molecular flexibility index (Phi) is 3.52. The molecule has 0 spiro atoms. The van der Waals surface area contributed by atoms with Crippen molar-refractivity contribution in [3.8, 4) is 0 Å². The van der Waals surface area contributed by atoms with Crippen molar-refractivity contribution in [2.45, 2.75) is 45.1 Å². The van der Waals surface area contributed by atoms with Crippen LogP contribution in [0.15, 0.2) is 30.5 Å². The van der Waals surface area contributed by atoms with Gasteiger partial charge in [-0.2, -0.15) is 0 Å². The van der Waals surface area contributed by atoms with Crippen molar-refractivity contribution in [2.24, 2.45) is 5.41 Å². The third kappa shape index (κ3) is 2.44. The lowest BCUT2D eigenvalue weighted by Gasteiger charge is -2.38. The van der Waals surface area contributed by atoms with Crippen LogP contribution in [0.4, 0.5) is 5.69 Å². The highest BCUT2D eigenvalue weighted by atomic mass is 16.2. The number of aromatic nitrogens is 1. The van der Waals surface area contributed by atoms with E-state index in [2.05, 4.69) is 15.6 Å². The number of nitrogens with one attached hydrogen (secondary N) is 2. The quantitative estimate of drug-likeness (QED) is 0.850. The summed E-state index contributed by atoms with van der Waals surface area (Å²) < 4.78 is 0. The molecule has 124 valence electrons. The fourth-order valence-corrected chi connectivity index (χ4v) is 3.34. The van der Waals surface area contributed by atoms with Crippen LogP contribution in [-0.2, 0) is 9.59 Å². The Labute approximate surface area is 140 Å². The predicted molar refractivity (Wildman–Crippen MR) is 92.6 cm³/mol. The number of amides is 2. The van der Waals surface area contributed by atoms with Gasteiger partial charge in [-0.1, -0.05) is 18.6 Å². The third-order valence-corrected chi connectivity index (χ3v) is 5.24. The molecule has 2 aliphatic carbocycles. The van der Waals surface area contributed by atoms with E-state index in [-0.39, 0.29) is 17.9 Å². The van der Waals surface area contributed by atoms with E-state index in [1.807, 2.05) is 31.2 Å². The Morgan fingerprint density at radius 3 is 2.58 bits per heavy atom. The van der Waals surface area contributed by atoms with Gasteiger partial charge in [0.15, 0.2) is 0 Å². The van der Waals surface area contributed by atoms with Gasteiger partial charge in [-0.15, -0.1) is 0 Å². The molecule has 1 aromatic carbocycles. The van der Waals surface area contributed by atoms with Gasteiger partial charge < -0.3 is 10.6 Å². The maximum Gasteiger partial charge on any atom is 0.240 e. The second kappa shape index (κ2) is 5.58. The minimum atomic E-state index is -0.896. The molecule has 0 aliphatic heterocycles. The van der Waals surface area contributed by atoms with Crippen molar-refractivity contribution in [2.75, 3.05) is 5.32 Å². The van der Waals surface area contributed by atoms with Gasteiger partial charge in [0.2, 0.25) is 11.8 Å². The van der Waals surface area contributed by atoms with Gasteiger partial charge in [-0.25, -0.2) is 0 Å². The summed E-state index contributed by atoms with van der Waals surface area (Å²) in [5, 5.41) is 7.97. The number of hydrogen-bond acceptors (Lipinski definition) is 3. The molecule has 24 heavy (non-hydrogen) atoms. The van der Waals surface area contributed by atoms with Crippen molar-refractivity contribution < 1.29 is 9.59 Å². The van der Waals surface area contributed by atoms with Crippen LogP contribution in [0.25, 0.3) is 10.8 Å². The first kappa shape index (κ1) is 15.1. The minimum Gasteiger partial charge on any atom is -0.352 e. The van der Waals surface area contributed by atoms with Gasteiger partial charge in [0, 0.05) is 34.4 Å². The average Bonchev–Trinajstić information content (AvgIpc) is 3.31. The summed E-state index contributed by atoms with van der Waals surface area (Å²) in [5.74, 6) is -0.291. The van der Waals surface area contributed by atoms with E-state index in [1.54, 1.807) is 6.20 Å². The molecule has 1 heterocycles. The van der Waals surface area contributed by atoms with Crippen LogP contribution in [0.1, 0.15) is 37.8 Å². The number of carbonyl (C=O) groups excluding carboxylic acids is 2. The van der Waals surface area contributed by atoms with E-state index in [9.17, 15) is 9.59 Å². The summed E-state index contributed by atoms with van der Waals surface area (Å²) >= 11 is 0. The summed E-state index contributed by atoms with van der Waals surface area (Å²) in [6.45, 7) is 1.95. The van der Waals surface area contributed by atoms with Crippen molar-refractivity contribution in [1.82, 2.24) is 10.3 Å². The van der Waals surface area contributed by atoms with Crippen LogP contribution in [0, 0.1) is 12.3 Å². The van der Waals surface area contributed by atoms with Gasteiger partial charge in [0.05, 0.1) is 0 Å². The van der Waals surface area contributed by atoms with Crippen LogP contribution < -0.4 is 10.6 Å². The topological polar surface area (TPSA) is 71.1 Å². The number of benzene rings is 1. The summed E-state index contributed by atoms with van der Waals surface area (Å²) in [6, 6.07) is 7.95. The standard InChI is InChI=1S/C19H21N3O2/c1-12-14-4-2-5-16(15(14)8-11-20-12)22-18(24)19(9-3-10-19)17(23)21-13-6-7-13/h2,4-5,8,11,13H,3,6-7,9-10H2,1H3,(H,21,23)(H,22,24). The predicted octanol–water partition coefficient (Wildman–Crippen LogP) is 2.93. The molecule has 0 saturated heterocycles. The lowest BCUT2D eigenvalue weighted by molar-refractivity contribution is -0.146. The molecule has 4 rings (SSSR count). The normalized spacial score (nSPS) is 18.7. The highest BCUT2D eigenvalue weighted by Gasteiger charge is 2.51. The van der Waals surface area contributed by atoms with Gasteiger partial charge in [-0.3, -0.25) is 14.6 Å². The Hall–Kier alpha value is -2.43. The van der Waals surface area contributed by atoms with Crippen molar-refractivity contribution in [3.63, 3.8) is 0 Å². The molecule has 0 atom stereocenters. The highest BCUT2D eigenvalue weighted by molar-refractivity contribution is 6.13. The molecule has 5 heteroatoms. The largest absolute Gasteiger partial charge is 0.352 e. The molecular weight excluding hydrogens is 302 g/mol. The molecule has 2 fully saturated rings. The molecule has 0 radical (unpaired) electrons. The molecule has 1 aromatic heterocycles. The zero-order valence-corrected chi connectivity index (χ0v) is 13.8. The molecule has 5 nitrogen and oxygen atoms in total. The highest BCUT2D eigenvalue weighted by Crippen LogP contribution is 2.43. The molecule has 0 bridgehead atoms. The summed E-state index contributed by atoms with van der Waals surface area (Å²) in [5.41, 5.74) is 0.772. The van der Waals surface area contributed by atoms with Crippen LogP contribution in [0.5, 0.6) is 0 Å². The number of nitrogens with zero attached hydrogens (tertiary/aromatic N) is 1. The summed E-state index contributed by atoms with van der Waals surface area (Å²) in [7, 11) is 0. The Balaban J connectivity index is 1.61. The van der Waals surface area contributed by atoms with E-state index < -0.39 is 5.41 Å². The van der Waals surface area contributed by atoms with Crippen LogP contribution in [0.3, 0.4) is 0 Å². The van der Waals surface area contributed by atoms with E-state index >= 15 is 0 Å². The maximum atomic E-state index is 12.9. The number of anilines is 1. The van der Waals surface area contributed by atoms with E-state index in [4.69, 9.17) is 0 Å². The molecule has 2 aromatic rings. The first-order valence-corrected chi connectivity index (χ1v) is 8.57. The van der Waals surface area contributed by atoms with Gasteiger partial charge in [0.1, 0.15) is 5.41 Å². The van der Waals surface area contributed by atoms with Gasteiger partial charge in [-0.05, 0) is 44.7 Å². The van der Waals surface area contributed by atoms with Crippen LogP contribution >= 0.6 is 0 Å². The van der Waals surface area contributed by atoms with Crippen LogP contribution in [-0.4, -0.2) is 22.8 Å². The number of aryl methyl sites for hydroxylation is 1. The molecule has 2 N–H and O–H groups in total. The first-order valence-electron chi connectivity index (χ1n) is 8.57. The minimum absolute atomic E-state index is 0.105. The van der Waals surface area contributed by atoms with E-state index in [0.29, 0.717) is 12.8 Å². The second-order valence-corrected chi connectivity index (χ2v) is 6.93. The number of rotatable bonds is 4.